The molecule has 1 N–H and O–H groups in total. The maximum absolute atomic E-state index is 4.47. The van der Waals surface area contributed by atoms with Crippen LogP contribution in [0.5, 0.6) is 0 Å². The van der Waals surface area contributed by atoms with Crippen LogP contribution >= 0.6 is 35.3 Å². The summed E-state index contributed by atoms with van der Waals surface area (Å²) in [5, 5.41) is 5.69. The minimum atomic E-state index is 0. The molecule has 1 atom stereocenters. The SMILES string of the molecule is CN=C(NCC(C)c1cccs1)N1CCN(CC(C)C)CC1.I. The molecule has 2 heterocycles. The van der Waals surface area contributed by atoms with E-state index in [1.54, 1.807) is 0 Å². The van der Waals surface area contributed by atoms with Gasteiger partial charge >= 0.3 is 0 Å². The van der Waals surface area contributed by atoms with Crippen molar-refractivity contribution in [2.75, 3.05) is 46.3 Å². The van der Waals surface area contributed by atoms with Crippen molar-refractivity contribution in [3.05, 3.63) is 22.4 Å². The Balaban J connectivity index is 0.00000264. The largest absolute Gasteiger partial charge is 0.356 e. The van der Waals surface area contributed by atoms with Crippen LogP contribution in [-0.4, -0.2) is 62.1 Å². The van der Waals surface area contributed by atoms with E-state index in [4.69, 9.17) is 0 Å². The summed E-state index contributed by atoms with van der Waals surface area (Å²) in [4.78, 5) is 10.8. The van der Waals surface area contributed by atoms with Crippen molar-refractivity contribution in [3.8, 4) is 0 Å². The molecule has 0 amide bonds. The standard InChI is InChI=1S/C17H30N4S.HI/c1-14(2)13-20-7-9-21(10-8-20)17(18-4)19-12-15(3)16-6-5-11-22-16;/h5-6,11,14-15H,7-10,12-13H2,1-4H3,(H,18,19);1H. The third kappa shape index (κ3) is 6.58. The topological polar surface area (TPSA) is 30.9 Å². The van der Waals surface area contributed by atoms with Gasteiger partial charge in [-0.15, -0.1) is 35.3 Å². The molecule has 23 heavy (non-hydrogen) atoms. The Hall–Kier alpha value is -0.340. The van der Waals surface area contributed by atoms with Crippen molar-refractivity contribution < 1.29 is 0 Å². The summed E-state index contributed by atoms with van der Waals surface area (Å²) in [6.07, 6.45) is 0. The molecule has 0 aliphatic carbocycles. The van der Waals surface area contributed by atoms with Gasteiger partial charge < -0.3 is 10.2 Å². The van der Waals surface area contributed by atoms with E-state index in [9.17, 15) is 0 Å². The van der Waals surface area contributed by atoms with Crippen LogP contribution < -0.4 is 5.32 Å². The van der Waals surface area contributed by atoms with Crippen molar-refractivity contribution in [2.24, 2.45) is 10.9 Å². The molecule has 0 bridgehead atoms. The first-order chi connectivity index (χ1) is 10.6. The van der Waals surface area contributed by atoms with Crippen LogP contribution in [0.2, 0.25) is 0 Å². The zero-order valence-corrected chi connectivity index (χ0v) is 17.9. The molecular weight excluding hydrogens is 419 g/mol. The molecule has 0 aromatic carbocycles. The van der Waals surface area contributed by atoms with Crippen molar-refractivity contribution in [3.63, 3.8) is 0 Å². The second-order valence-electron chi connectivity index (χ2n) is 6.53. The lowest BCUT2D eigenvalue weighted by Gasteiger charge is -2.37. The molecule has 1 unspecified atom stereocenters. The van der Waals surface area contributed by atoms with Crippen LogP contribution in [0.3, 0.4) is 0 Å². The zero-order chi connectivity index (χ0) is 15.9. The molecule has 132 valence electrons. The minimum absolute atomic E-state index is 0. The fraction of sp³-hybridized carbons (Fsp3) is 0.706. The highest BCUT2D eigenvalue weighted by Crippen LogP contribution is 2.19. The van der Waals surface area contributed by atoms with Crippen molar-refractivity contribution in [1.29, 1.82) is 0 Å². The monoisotopic (exact) mass is 450 g/mol. The number of aliphatic imine (C=N–C) groups is 1. The molecule has 1 aromatic heterocycles. The quantitative estimate of drug-likeness (QED) is 0.424. The Morgan fingerprint density at radius 1 is 1.26 bits per heavy atom. The van der Waals surface area contributed by atoms with Crippen molar-refractivity contribution in [2.45, 2.75) is 26.7 Å². The van der Waals surface area contributed by atoms with Crippen molar-refractivity contribution >= 4 is 41.3 Å². The molecule has 0 saturated carbocycles. The molecule has 1 aromatic rings. The number of piperazine rings is 1. The van der Waals surface area contributed by atoms with Crippen molar-refractivity contribution in [1.82, 2.24) is 15.1 Å². The molecular formula is C17H31IN4S. The number of hydrogen-bond acceptors (Lipinski definition) is 3. The predicted octanol–water partition coefficient (Wildman–Crippen LogP) is 3.32. The Labute approximate surface area is 162 Å². The van der Waals surface area contributed by atoms with E-state index in [2.05, 4.69) is 58.4 Å². The van der Waals surface area contributed by atoms with Gasteiger partial charge in [0.1, 0.15) is 0 Å². The van der Waals surface area contributed by atoms with E-state index in [1.165, 1.54) is 11.4 Å². The minimum Gasteiger partial charge on any atom is -0.356 e. The summed E-state index contributed by atoms with van der Waals surface area (Å²) in [6, 6.07) is 4.34. The molecule has 2 rings (SSSR count). The lowest BCUT2D eigenvalue weighted by Crippen LogP contribution is -2.53. The zero-order valence-electron chi connectivity index (χ0n) is 14.8. The van der Waals surface area contributed by atoms with Gasteiger partial charge in [0.2, 0.25) is 0 Å². The summed E-state index contributed by atoms with van der Waals surface area (Å²) >= 11 is 1.83. The van der Waals surface area contributed by atoms with E-state index >= 15 is 0 Å². The first-order valence-electron chi connectivity index (χ1n) is 8.31. The lowest BCUT2D eigenvalue weighted by molar-refractivity contribution is 0.164. The third-order valence-electron chi connectivity index (χ3n) is 4.10. The van der Waals surface area contributed by atoms with Gasteiger partial charge in [-0.05, 0) is 17.4 Å². The van der Waals surface area contributed by atoms with Crippen LogP contribution in [-0.2, 0) is 0 Å². The summed E-state index contributed by atoms with van der Waals surface area (Å²) in [5.41, 5.74) is 0. The predicted molar refractivity (Wildman–Crippen MR) is 112 cm³/mol. The van der Waals surface area contributed by atoms with Crippen LogP contribution in [0.15, 0.2) is 22.5 Å². The van der Waals surface area contributed by atoms with Gasteiger partial charge in [0.05, 0.1) is 0 Å². The number of thiophene rings is 1. The Morgan fingerprint density at radius 3 is 2.48 bits per heavy atom. The molecule has 0 spiro atoms. The summed E-state index contributed by atoms with van der Waals surface area (Å²) < 4.78 is 0. The number of rotatable bonds is 5. The number of halogens is 1. The van der Waals surface area contributed by atoms with E-state index in [0.717, 1.165) is 44.6 Å². The van der Waals surface area contributed by atoms with Crippen LogP contribution in [0.25, 0.3) is 0 Å². The smallest absolute Gasteiger partial charge is 0.193 e. The van der Waals surface area contributed by atoms with E-state index in [0.29, 0.717) is 5.92 Å². The van der Waals surface area contributed by atoms with Gasteiger partial charge in [-0.1, -0.05) is 26.8 Å². The number of hydrogen-bond donors (Lipinski definition) is 1. The lowest BCUT2D eigenvalue weighted by atomic mass is 10.1. The first-order valence-corrected chi connectivity index (χ1v) is 9.19. The molecule has 1 saturated heterocycles. The first kappa shape index (κ1) is 20.7. The second kappa shape index (κ2) is 10.5. The van der Waals surface area contributed by atoms with Gasteiger partial charge in [-0.25, -0.2) is 0 Å². The van der Waals surface area contributed by atoms with Gasteiger partial charge in [-0.3, -0.25) is 9.89 Å². The summed E-state index contributed by atoms with van der Waals surface area (Å²) in [7, 11) is 1.89. The van der Waals surface area contributed by atoms with Gasteiger partial charge in [0, 0.05) is 57.1 Å². The Kier molecular flexibility index (Phi) is 9.46. The van der Waals surface area contributed by atoms with Gasteiger partial charge in [0.25, 0.3) is 0 Å². The second-order valence-corrected chi connectivity index (χ2v) is 7.51. The molecule has 1 aliphatic rings. The van der Waals surface area contributed by atoms with E-state index in [-0.39, 0.29) is 24.0 Å². The number of nitrogens with zero attached hydrogens (tertiary/aromatic N) is 3. The average Bonchev–Trinajstić information content (AvgIpc) is 3.03. The highest BCUT2D eigenvalue weighted by atomic mass is 127. The highest BCUT2D eigenvalue weighted by Gasteiger charge is 2.20. The normalized spacial score (nSPS) is 18.0. The average molecular weight is 450 g/mol. The van der Waals surface area contributed by atoms with E-state index < -0.39 is 0 Å². The van der Waals surface area contributed by atoms with Crippen LogP contribution in [0.4, 0.5) is 0 Å². The van der Waals surface area contributed by atoms with Gasteiger partial charge in [-0.2, -0.15) is 0 Å². The maximum atomic E-state index is 4.47. The maximum Gasteiger partial charge on any atom is 0.193 e. The Bertz CT molecular complexity index is 453. The van der Waals surface area contributed by atoms with Gasteiger partial charge in [0.15, 0.2) is 5.96 Å². The fourth-order valence-electron chi connectivity index (χ4n) is 2.91. The summed E-state index contributed by atoms with van der Waals surface area (Å²) in [6.45, 7) is 13.4. The number of guanidine groups is 1. The third-order valence-corrected chi connectivity index (χ3v) is 5.21. The summed E-state index contributed by atoms with van der Waals surface area (Å²) in [5.74, 6) is 2.32. The fourth-order valence-corrected chi connectivity index (χ4v) is 3.69. The van der Waals surface area contributed by atoms with E-state index in [1.807, 2.05) is 18.4 Å². The van der Waals surface area contributed by atoms with Crippen LogP contribution in [0.1, 0.15) is 31.6 Å². The Morgan fingerprint density at radius 2 is 1.96 bits per heavy atom. The molecule has 4 nitrogen and oxygen atoms in total. The molecule has 1 fully saturated rings. The molecule has 0 radical (unpaired) electrons. The molecule has 6 heteroatoms. The molecule has 1 aliphatic heterocycles. The van der Waals surface area contributed by atoms with Crippen LogP contribution in [0, 0.1) is 5.92 Å². The highest BCUT2D eigenvalue weighted by molar-refractivity contribution is 14.0. The number of nitrogens with one attached hydrogen (secondary N) is 1.